The van der Waals surface area contributed by atoms with E-state index in [1.165, 1.54) is 134 Å². The molecule has 0 saturated heterocycles. The SMILES string of the molecule is C/C(=C\C=C/C1=Cc2ccccc2C1(C)C)c1ccc(C)cc1.C=C/C(=C(C)\C(=C/C)c1ccc2c(c1)Cc1cc(C)ccc1-2)c1cccc2c1C(C)c1ccccc1-2.CCC(C)c1ccc(-c2ccccc2)cc1. The predicted molar refractivity (Wildman–Crippen MR) is 327 cm³/mol. The van der Waals surface area contributed by atoms with Crippen LogP contribution in [0.4, 0.5) is 0 Å². The van der Waals surface area contributed by atoms with E-state index in [9.17, 15) is 0 Å². The Bertz CT molecular complexity index is 3520. The summed E-state index contributed by atoms with van der Waals surface area (Å²) in [6, 6.07) is 66.2. The van der Waals surface area contributed by atoms with E-state index in [-0.39, 0.29) is 5.41 Å². The van der Waals surface area contributed by atoms with Gasteiger partial charge in [-0.15, -0.1) is 0 Å². The summed E-state index contributed by atoms with van der Waals surface area (Å²) in [4.78, 5) is 0. The molecule has 0 nitrogen and oxygen atoms in total. The third kappa shape index (κ3) is 10.9. The van der Waals surface area contributed by atoms with Gasteiger partial charge in [0.05, 0.1) is 0 Å². The first-order chi connectivity index (χ1) is 36.3. The lowest BCUT2D eigenvalue weighted by atomic mass is 9.81. The van der Waals surface area contributed by atoms with Crippen LogP contribution in [0.15, 0.2) is 230 Å². The van der Waals surface area contributed by atoms with Crippen LogP contribution in [0.2, 0.25) is 0 Å². The molecular weight excluding hydrogens is 901 g/mol. The van der Waals surface area contributed by atoms with Crippen molar-refractivity contribution in [2.24, 2.45) is 0 Å². The summed E-state index contributed by atoms with van der Waals surface area (Å²) in [7, 11) is 0. The molecule has 0 bridgehead atoms. The zero-order valence-corrected chi connectivity index (χ0v) is 46.1. The second-order valence-corrected chi connectivity index (χ2v) is 21.4. The van der Waals surface area contributed by atoms with E-state index in [4.69, 9.17) is 0 Å². The number of hydrogen-bond donors (Lipinski definition) is 0. The lowest BCUT2D eigenvalue weighted by molar-refractivity contribution is 0.655. The maximum atomic E-state index is 4.28. The predicted octanol–water partition coefficient (Wildman–Crippen LogP) is 21.0. The molecule has 0 heterocycles. The first-order valence-corrected chi connectivity index (χ1v) is 27.2. The Morgan fingerprint density at radius 2 is 1.28 bits per heavy atom. The van der Waals surface area contributed by atoms with Crippen LogP contribution < -0.4 is 0 Å². The van der Waals surface area contributed by atoms with Gasteiger partial charge in [-0.2, -0.15) is 0 Å². The van der Waals surface area contributed by atoms with E-state index in [1.807, 2.05) is 0 Å². The molecule has 3 aliphatic carbocycles. The van der Waals surface area contributed by atoms with E-state index in [0.29, 0.717) is 11.8 Å². The Labute approximate surface area is 450 Å². The quantitative estimate of drug-likeness (QED) is 0.120. The molecule has 0 radical (unpaired) electrons. The van der Waals surface area contributed by atoms with Gasteiger partial charge in [0, 0.05) is 11.3 Å². The third-order valence-electron chi connectivity index (χ3n) is 16.2. The summed E-state index contributed by atoms with van der Waals surface area (Å²) in [6.45, 7) is 26.6. The van der Waals surface area contributed by atoms with Gasteiger partial charge < -0.3 is 0 Å². The second-order valence-electron chi connectivity index (χ2n) is 21.4. The molecule has 374 valence electrons. The molecule has 0 heteroatoms. The number of aryl methyl sites for hydroxylation is 2. The van der Waals surface area contributed by atoms with Crippen molar-refractivity contribution in [3.8, 4) is 33.4 Å². The van der Waals surface area contributed by atoms with Gasteiger partial charge in [0.1, 0.15) is 0 Å². The van der Waals surface area contributed by atoms with Crippen molar-refractivity contribution in [3.05, 3.63) is 297 Å². The van der Waals surface area contributed by atoms with Gasteiger partial charge in [0.2, 0.25) is 0 Å². The maximum Gasteiger partial charge on any atom is 0.0152 e. The summed E-state index contributed by atoms with van der Waals surface area (Å²) in [5.41, 5.74) is 31.0. The number of allylic oxidation sites excluding steroid dienone is 10. The lowest BCUT2D eigenvalue weighted by Gasteiger charge is -2.22. The van der Waals surface area contributed by atoms with Crippen LogP contribution in [0.1, 0.15) is 140 Å². The van der Waals surface area contributed by atoms with E-state index < -0.39 is 0 Å². The summed E-state index contributed by atoms with van der Waals surface area (Å²) in [5.74, 6) is 1.02. The molecule has 0 spiro atoms. The van der Waals surface area contributed by atoms with Gasteiger partial charge in [-0.1, -0.05) is 271 Å². The molecule has 8 aromatic carbocycles. The van der Waals surface area contributed by atoms with Crippen molar-refractivity contribution < 1.29 is 0 Å². The number of hydrogen-bond acceptors (Lipinski definition) is 0. The van der Waals surface area contributed by atoms with Crippen molar-refractivity contribution in [2.75, 3.05) is 0 Å². The minimum atomic E-state index is 0.0820. The molecule has 3 aliphatic rings. The zero-order chi connectivity index (χ0) is 52.8. The number of rotatable bonds is 10. The Balaban J connectivity index is 0.000000151. The molecular formula is C75H74. The molecule has 0 saturated carbocycles. The largest absolute Gasteiger partial charge is 0.0984 e. The topological polar surface area (TPSA) is 0 Å². The highest BCUT2D eigenvalue weighted by Gasteiger charge is 2.31. The van der Waals surface area contributed by atoms with Crippen LogP contribution in [0.5, 0.6) is 0 Å². The van der Waals surface area contributed by atoms with Crippen LogP contribution >= 0.6 is 0 Å². The normalized spacial score (nSPS) is 15.4. The first-order valence-electron chi connectivity index (χ1n) is 27.2. The fourth-order valence-corrected chi connectivity index (χ4v) is 11.5. The van der Waals surface area contributed by atoms with Crippen molar-refractivity contribution in [2.45, 2.75) is 99.3 Å². The Morgan fingerprint density at radius 1 is 0.653 bits per heavy atom. The Kier molecular flexibility index (Phi) is 15.8. The molecule has 8 aromatic rings. The summed E-state index contributed by atoms with van der Waals surface area (Å²) >= 11 is 0. The number of fused-ring (bicyclic) bond motifs is 7. The number of benzene rings is 8. The maximum absolute atomic E-state index is 4.28. The standard InChI is InChI=1S/C36H32.C23H24.C16H18/c1-6-28(25-16-18-32-27(20-25)21-26-19-22(3)15-17-31(26)32)23(4)29(7-2)34-13-10-14-35-33-12-9-8-11-30(33)24(5)36(34)35;1-17-12-14-19(15-13-17)18(2)8-7-10-21-16-20-9-5-6-11-22(20)23(21,3)4;1-3-13(2)14-9-11-16(12-10-14)15-7-5-4-6-8-15/h6-20,24H,2,21H2,1,3-5H3;5-16H,1-4H3;4-13H,3H2,1-2H3/b28-6+,29-23+;10-7-,18-8+;. The van der Waals surface area contributed by atoms with Gasteiger partial charge in [-0.25, -0.2) is 0 Å². The van der Waals surface area contributed by atoms with Gasteiger partial charge in [-0.05, 0) is 170 Å². The van der Waals surface area contributed by atoms with E-state index in [2.05, 4.69) is 294 Å². The summed E-state index contributed by atoms with van der Waals surface area (Å²) < 4.78 is 0. The molecule has 0 amide bonds. The first kappa shape index (κ1) is 52.1. The highest BCUT2D eigenvalue weighted by atomic mass is 14.3. The van der Waals surface area contributed by atoms with Gasteiger partial charge in [0.25, 0.3) is 0 Å². The molecule has 0 N–H and O–H groups in total. The summed E-state index contributed by atoms with van der Waals surface area (Å²) in [5, 5.41) is 0. The molecule has 2 atom stereocenters. The van der Waals surface area contributed by atoms with Crippen LogP contribution in [-0.4, -0.2) is 0 Å². The Morgan fingerprint density at radius 3 is 1.99 bits per heavy atom. The smallest absolute Gasteiger partial charge is 0.0152 e. The van der Waals surface area contributed by atoms with Crippen LogP contribution in [0.25, 0.3) is 56.2 Å². The molecule has 2 unspecified atom stereocenters. The van der Waals surface area contributed by atoms with Gasteiger partial charge >= 0.3 is 0 Å². The van der Waals surface area contributed by atoms with Crippen molar-refractivity contribution in [1.29, 1.82) is 0 Å². The minimum absolute atomic E-state index is 0.0820. The van der Waals surface area contributed by atoms with Gasteiger partial charge in [0.15, 0.2) is 0 Å². The van der Waals surface area contributed by atoms with Crippen LogP contribution in [0.3, 0.4) is 0 Å². The van der Waals surface area contributed by atoms with Crippen LogP contribution in [-0.2, 0) is 11.8 Å². The lowest BCUT2D eigenvalue weighted by Crippen LogP contribution is -2.15. The van der Waals surface area contributed by atoms with E-state index >= 15 is 0 Å². The Hall–Kier alpha value is -7.80. The zero-order valence-electron chi connectivity index (χ0n) is 46.1. The monoisotopic (exact) mass is 975 g/mol. The van der Waals surface area contributed by atoms with Gasteiger partial charge in [-0.3, -0.25) is 0 Å². The summed E-state index contributed by atoms with van der Waals surface area (Å²) in [6.07, 6.45) is 15.4. The minimum Gasteiger partial charge on any atom is -0.0984 e. The average molecular weight is 975 g/mol. The van der Waals surface area contributed by atoms with Crippen molar-refractivity contribution in [1.82, 2.24) is 0 Å². The van der Waals surface area contributed by atoms with Crippen LogP contribution in [0, 0.1) is 13.8 Å². The molecule has 0 aromatic heterocycles. The highest BCUT2D eigenvalue weighted by molar-refractivity contribution is 5.96. The third-order valence-corrected chi connectivity index (χ3v) is 16.2. The fraction of sp³-hybridized carbons (Fsp3) is 0.200. The second kappa shape index (κ2) is 22.8. The average Bonchev–Trinajstić information content (AvgIpc) is 4.07. The molecule has 0 fully saturated rings. The van der Waals surface area contributed by atoms with Crippen molar-refractivity contribution in [3.63, 3.8) is 0 Å². The van der Waals surface area contributed by atoms with E-state index in [0.717, 1.165) is 6.42 Å². The fourth-order valence-electron chi connectivity index (χ4n) is 11.5. The molecule has 75 heavy (non-hydrogen) atoms. The van der Waals surface area contributed by atoms with Crippen molar-refractivity contribution >= 4 is 22.8 Å². The van der Waals surface area contributed by atoms with E-state index in [1.54, 1.807) is 0 Å². The molecule has 0 aliphatic heterocycles. The highest BCUT2D eigenvalue weighted by Crippen LogP contribution is 2.49. The molecule has 11 rings (SSSR count).